The third-order valence-corrected chi connectivity index (χ3v) is 3.06. The van der Waals surface area contributed by atoms with E-state index < -0.39 is 0 Å². The summed E-state index contributed by atoms with van der Waals surface area (Å²) in [6, 6.07) is 0. The Morgan fingerprint density at radius 3 is 2.88 bits per heavy atom. The second-order valence-corrected chi connectivity index (χ2v) is 4.13. The maximum Gasteiger partial charge on any atom is 0.143 e. The van der Waals surface area contributed by atoms with Gasteiger partial charge in [0.1, 0.15) is 17.8 Å². The van der Waals surface area contributed by atoms with Gasteiger partial charge in [-0.05, 0) is 12.5 Å². The number of aromatic nitrogens is 3. The Kier molecular flexibility index (Phi) is 2.25. The fourth-order valence-corrected chi connectivity index (χ4v) is 2.21. The monoisotopic (exact) mass is 217 g/mol. The molecule has 0 aliphatic carbocycles. The van der Waals surface area contributed by atoms with Crippen LogP contribution in [0.25, 0.3) is 11.0 Å². The van der Waals surface area contributed by atoms with Crippen molar-refractivity contribution in [2.24, 2.45) is 0 Å². The molecule has 3 rings (SSSR count). The number of rotatable bonds is 1. The van der Waals surface area contributed by atoms with E-state index in [0.29, 0.717) is 0 Å². The van der Waals surface area contributed by atoms with Crippen molar-refractivity contribution in [3.8, 4) is 0 Å². The lowest BCUT2D eigenvalue weighted by molar-refractivity contribution is 0.586. The smallest absolute Gasteiger partial charge is 0.143 e. The number of hydrogen-bond acceptors (Lipinski definition) is 4. The molecule has 2 aromatic rings. The number of piperazine rings is 1. The van der Waals surface area contributed by atoms with Gasteiger partial charge in [-0.2, -0.15) is 0 Å². The minimum atomic E-state index is 0.932. The Morgan fingerprint density at radius 1 is 1.25 bits per heavy atom. The van der Waals surface area contributed by atoms with Crippen LogP contribution in [-0.4, -0.2) is 41.1 Å². The molecule has 0 saturated carbocycles. The first-order valence-electron chi connectivity index (χ1n) is 5.60. The zero-order valence-electron chi connectivity index (χ0n) is 9.32. The van der Waals surface area contributed by atoms with Gasteiger partial charge in [-0.3, -0.25) is 0 Å². The second kappa shape index (κ2) is 3.75. The molecule has 5 heteroatoms. The fourth-order valence-electron chi connectivity index (χ4n) is 2.21. The molecule has 1 aliphatic heterocycles. The van der Waals surface area contributed by atoms with Crippen molar-refractivity contribution in [2.45, 2.75) is 6.92 Å². The number of hydrogen-bond donors (Lipinski definition) is 2. The summed E-state index contributed by atoms with van der Waals surface area (Å²) in [6.45, 7) is 6.16. The molecule has 2 aromatic heterocycles. The van der Waals surface area contributed by atoms with Crippen molar-refractivity contribution >= 4 is 16.9 Å². The van der Waals surface area contributed by atoms with Gasteiger partial charge in [0.15, 0.2) is 0 Å². The van der Waals surface area contributed by atoms with Gasteiger partial charge >= 0.3 is 0 Å². The normalized spacial score (nSPS) is 16.9. The number of nitrogens with zero attached hydrogens (tertiary/aromatic N) is 3. The van der Waals surface area contributed by atoms with Gasteiger partial charge < -0.3 is 15.2 Å². The minimum Gasteiger partial charge on any atom is -0.353 e. The number of aryl methyl sites for hydroxylation is 1. The van der Waals surface area contributed by atoms with Crippen molar-refractivity contribution < 1.29 is 0 Å². The minimum absolute atomic E-state index is 0.932. The fraction of sp³-hybridized carbons (Fsp3) is 0.455. The molecule has 0 bridgehead atoms. The predicted molar refractivity (Wildman–Crippen MR) is 63.7 cm³/mol. The summed E-state index contributed by atoms with van der Waals surface area (Å²) in [4.78, 5) is 14.2. The first-order valence-corrected chi connectivity index (χ1v) is 5.60. The Bertz CT molecular complexity index is 498. The van der Waals surface area contributed by atoms with E-state index in [1.165, 1.54) is 5.56 Å². The van der Waals surface area contributed by atoms with E-state index in [1.807, 2.05) is 6.20 Å². The molecule has 5 nitrogen and oxygen atoms in total. The third-order valence-electron chi connectivity index (χ3n) is 3.06. The summed E-state index contributed by atoms with van der Waals surface area (Å²) in [7, 11) is 0. The van der Waals surface area contributed by atoms with E-state index in [-0.39, 0.29) is 0 Å². The highest BCUT2D eigenvalue weighted by Crippen LogP contribution is 2.25. The van der Waals surface area contributed by atoms with Crippen LogP contribution in [0.15, 0.2) is 12.5 Å². The highest BCUT2D eigenvalue weighted by atomic mass is 15.2. The number of nitrogens with one attached hydrogen (secondary N) is 2. The van der Waals surface area contributed by atoms with Crippen LogP contribution in [0.5, 0.6) is 0 Å². The van der Waals surface area contributed by atoms with Gasteiger partial charge in [0.25, 0.3) is 0 Å². The lowest BCUT2D eigenvalue weighted by atomic mass is 10.2. The van der Waals surface area contributed by atoms with E-state index in [1.54, 1.807) is 6.33 Å². The molecule has 1 fully saturated rings. The molecule has 0 spiro atoms. The number of H-pyrrole nitrogens is 1. The molecule has 0 atom stereocenters. The summed E-state index contributed by atoms with van der Waals surface area (Å²) in [5.41, 5.74) is 2.14. The van der Waals surface area contributed by atoms with Crippen molar-refractivity contribution in [1.29, 1.82) is 0 Å². The number of anilines is 1. The first-order chi connectivity index (χ1) is 7.86. The number of fused-ring (bicyclic) bond motifs is 1. The molecule has 0 amide bonds. The van der Waals surface area contributed by atoms with Crippen molar-refractivity contribution in [3.63, 3.8) is 0 Å². The molecule has 0 radical (unpaired) electrons. The maximum atomic E-state index is 4.43. The summed E-state index contributed by atoms with van der Waals surface area (Å²) < 4.78 is 0. The molecule has 16 heavy (non-hydrogen) atoms. The SMILES string of the molecule is Cc1c[nH]c2ncnc(N3CCNCC3)c12. The van der Waals surface area contributed by atoms with Gasteiger partial charge in [-0.25, -0.2) is 9.97 Å². The van der Waals surface area contributed by atoms with Gasteiger partial charge in [-0.1, -0.05) is 0 Å². The van der Waals surface area contributed by atoms with Crippen LogP contribution in [-0.2, 0) is 0 Å². The van der Waals surface area contributed by atoms with Crippen molar-refractivity contribution in [2.75, 3.05) is 31.1 Å². The topological polar surface area (TPSA) is 56.8 Å². The third kappa shape index (κ3) is 1.44. The Labute approximate surface area is 93.9 Å². The van der Waals surface area contributed by atoms with Crippen LogP contribution in [0, 0.1) is 6.92 Å². The van der Waals surface area contributed by atoms with Crippen molar-refractivity contribution in [1.82, 2.24) is 20.3 Å². The van der Waals surface area contributed by atoms with Gasteiger partial charge in [0.2, 0.25) is 0 Å². The summed E-state index contributed by atoms with van der Waals surface area (Å²) >= 11 is 0. The van der Waals surface area contributed by atoms with E-state index in [9.17, 15) is 0 Å². The van der Waals surface area contributed by atoms with E-state index in [2.05, 4.69) is 32.1 Å². The Balaban J connectivity index is 2.10. The second-order valence-electron chi connectivity index (χ2n) is 4.13. The van der Waals surface area contributed by atoms with Crippen LogP contribution in [0.4, 0.5) is 5.82 Å². The standard InChI is InChI=1S/C11H15N5/c1-8-6-13-10-9(8)11(15-7-14-10)16-4-2-12-3-5-16/h6-7,12H,2-5H2,1H3,(H,13,14,15). The molecule has 2 N–H and O–H groups in total. The largest absolute Gasteiger partial charge is 0.353 e. The van der Waals surface area contributed by atoms with Crippen LogP contribution in [0.3, 0.4) is 0 Å². The van der Waals surface area contributed by atoms with Gasteiger partial charge in [0.05, 0.1) is 5.39 Å². The Hall–Kier alpha value is -1.62. The lowest BCUT2D eigenvalue weighted by Gasteiger charge is -2.28. The van der Waals surface area contributed by atoms with Crippen LogP contribution >= 0.6 is 0 Å². The summed E-state index contributed by atoms with van der Waals surface area (Å²) in [5.74, 6) is 1.06. The van der Waals surface area contributed by atoms with Crippen LogP contribution in [0.1, 0.15) is 5.56 Å². The average Bonchev–Trinajstić information content (AvgIpc) is 2.73. The van der Waals surface area contributed by atoms with E-state index >= 15 is 0 Å². The predicted octanol–water partition coefficient (Wildman–Crippen LogP) is 0.676. The zero-order chi connectivity index (χ0) is 11.0. The highest BCUT2D eigenvalue weighted by Gasteiger charge is 2.16. The summed E-state index contributed by atoms with van der Waals surface area (Å²) in [5, 5.41) is 4.50. The molecular weight excluding hydrogens is 202 g/mol. The molecule has 0 unspecified atom stereocenters. The molecule has 84 valence electrons. The zero-order valence-corrected chi connectivity index (χ0v) is 9.32. The molecule has 1 aliphatic rings. The van der Waals surface area contributed by atoms with Crippen molar-refractivity contribution in [3.05, 3.63) is 18.1 Å². The van der Waals surface area contributed by atoms with Gasteiger partial charge in [0, 0.05) is 32.4 Å². The van der Waals surface area contributed by atoms with E-state index in [0.717, 1.165) is 43.0 Å². The molecule has 0 aromatic carbocycles. The summed E-state index contributed by atoms with van der Waals surface area (Å²) in [6.07, 6.45) is 3.63. The maximum absolute atomic E-state index is 4.43. The van der Waals surface area contributed by atoms with Gasteiger partial charge in [-0.15, -0.1) is 0 Å². The molecular formula is C11H15N5. The average molecular weight is 217 g/mol. The Morgan fingerprint density at radius 2 is 2.06 bits per heavy atom. The highest BCUT2D eigenvalue weighted by molar-refractivity contribution is 5.90. The van der Waals surface area contributed by atoms with Crippen LogP contribution < -0.4 is 10.2 Å². The van der Waals surface area contributed by atoms with Crippen LogP contribution in [0.2, 0.25) is 0 Å². The quantitative estimate of drug-likeness (QED) is 0.737. The van der Waals surface area contributed by atoms with E-state index in [4.69, 9.17) is 0 Å². The lowest BCUT2D eigenvalue weighted by Crippen LogP contribution is -2.44. The number of aromatic amines is 1. The molecule has 1 saturated heterocycles. The molecule has 3 heterocycles. The first kappa shape index (κ1) is 9.59.